The van der Waals surface area contributed by atoms with E-state index in [9.17, 15) is 4.79 Å². The molecule has 2 heteroatoms. The third kappa shape index (κ3) is 6.77. The van der Waals surface area contributed by atoms with Crippen molar-refractivity contribution in [1.82, 2.24) is 0 Å². The Morgan fingerprint density at radius 3 is 2.90 bits per heavy atom. The topological polar surface area (TPSA) is 26.3 Å². The van der Waals surface area contributed by atoms with E-state index in [0.29, 0.717) is 6.42 Å². The van der Waals surface area contributed by atoms with Crippen molar-refractivity contribution in [2.45, 2.75) is 13.3 Å². The minimum Gasteiger partial charge on any atom is -0.453 e. The Bertz CT molecular complexity index is 171. The lowest BCUT2D eigenvalue weighted by atomic mass is 10.4. The molecule has 0 aliphatic heterocycles. The van der Waals surface area contributed by atoms with Crippen LogP contribution in [0.25, 0.3) is 0 Å². The van der Waals surface area contributed by atoms with Crippen molar-refractivity contribution in [3.63, 3.8) is 0 Å². The summed E-state index contributed by atoms with van der Waals surface area (Å²) >= 11 is 0. The molecule has 0 aromatic rings. The number of carbonyl (C=O) groups is 1. The van der Waals surface area contributed by atoms with Gasteiger partial charge in [-0.3, -0.25) is 4.79 Å². The van der Waals surface area contributed by atoms with Crippen LogP contribution < -0.4 is 0 Å². The molecule has 0 N–H and O–H groups in total. The minimum absolute atomic E-state index is 0.184. The first-order chi connectivity index (χ1) is 4.77. The molecule has 0 atom stereocenters. The van der Waals surface area contributed by atoms with Crippen molar-refractivity contribution >= 4 is 5.97 Å². The SMILES string of the molecule is C=CCC#CCOC(C)=O. The molecular weight excluding hydrogens is 128 g/mol. The standard InChI is InChI=1S/C8H10O2/c1-3-4-5-6-7-10-8(2)9/h3H,1,4,7H2,2H3. The molecule has 0 aromatic heterocycles. The van der Waals surface area contributed by atoms with Crippen LogP contribution >= 0.6 is 0 Å². The zero-order valence-corrected chi connectivity index (χ0v) is 6.02. The molecule has 0 bridgehead atoms. The van der Waals surface area contributed by atoms with E-state index in [1.807, 2.05) is 0 Å². The highest BCUT2D eigenvalue weighted by molar-refractivity contribution is 5.66. The molecule has 0 heterocycles. The lowest BCUT2D eigenvalue weighted by Gasteiger charge is -1.90. The van der Waals surface area contributed by atoms with E-state index in [1.165, 1.54) is 6.92 Å². The van der Waals surface area contributed by atoms with Crippen LogP contribution in [0, 0.1) is 11.8 Å². The Kier molecular flexibility index (Phi) is 5.17. The van der Waals surface area contributed by atoms with Gasteiger partial charge in [0.25, 0.3) is 0 Å². The van der Waals surface area contributed by atoms with Crippen LogP contribution in [0.2, 0.25) is 0 Å². The zero-order valence-electron chi connectivity index (χ0n) is 6.02. The Morgan fingerprint density at radius 2 is 2.40 bits per heavy atom. The number of allylic oxidation sites excluding steroid dienone is 1. The van der Waals surface area contributed by atoms with Gasteiger partial charge in [0.2, 0.25) is 0 Å². The highest BCUT2D eigenvalue weighted by Crippen LogP contribution is 1.76. The van der Waals surface area contributed by atoms with Gasteiger partial charge in [-0.25, -0.2) is 0 Å². The molecule has 2 nitrogen and oxygen atoms in total. The van der Waals surface area contributed by atoms with Gasteiger partial charge in [0, 0.05) is 13.3 Å². The molecule has 0 aliphatic carbocycles. The molecule has 0 saturated carbocycles. The van der Waals surface area contributed by atoms with Crippen molar-refractivity contribution in [3.05, 3.63) is 12.7 Å². The zero-order chi connectivity index (χ0) is 7.82. The van der Waals surface area contributed by atoms with Gasteiger partial charge in [0.05, 0.1) is 0 Å². The van der Waals surface area contributed by atoms with Gasteiger partial charge in [-0.2, -0.15) is 0 Å². The average molecular weight is 138 g/mol. The predicted octanol–water partition coefficient (Wildman–Crippen LogP) is 1.13. The highest BCUT2D eigenvalue weighted by Gasteiger charge is 1.84. The minimum atomic E-state index is -0.298. The van der Waals surface area contributed by atoms with Crippen molar-refractivity contribution in [1.29, 1.82) is 0 Å². The summed E-state index contributed by atoms with van der Waals surface area (Å²) < 4.78 is 4.54. The van der Waals surface area contributed by atoms with E-state index < -0.39 is 0 Å². The van der Waals surface area contributed by atoms with Crippen LogP contribution in [0.15, 0.2) is 12.7 Å². The number of hydrogen-bond acceptors (Lipinski definition) is 2. The molecule has 0 amide bonds. The van der Waals surface area contributed by atoms with E-state index in [-0.39, 0.29) is 12.6 Å². The molecule has 54 valence electrons. The summed E-state index contributed by atoms with van der Waals surface area (Å²) in [5.74, 6) is 5.10. The molecule has 0 spiro atoms. The maximum atomic E-state index is 10.2. The van der Waals surface area contributed by atoms with Crippen molar-refractivity contribution < 1.29 is 9.53 Å². The Morgan fingerprint density at radius 1 is 1.70 bits per heavy atom. The second-order valence-corrected chi connectivity index (χ2v) is 1.63. The first-order valence-corrected chi connectivity index (χ1v) is 2.97. The molecule has 10 heavy (non-hydrogen) atoms. The molecule has 0 aliphatic rings. The third-order valence-corrected chi connectivity index (χ3v) is 0.719. The van der Waals surface area contributed by atoms with E-state index in [0.717, 1.165) is 0 Å². The van der Waals surface area contributed by atoms with Crippen LogP contribution in [-0.4, -0.2) is 12.6 Å². The molecule has 0 rings (SSSR count). The maximum absolute atomic E-state index is 10.2. The van der Waals surface area contributed by atoms with Gasteiger partial charge >= 0.3 is 5.97 Å². The fourth-order valence-electron chi connectivity index (χ4n) is 0.333. The van der Waals surface area contributed by atoms with Crippen LogP contribution in [0.3, 0.4) is 0 Å². The summed E-state index contributed by atoms with van der Waals surface area (Å²) in [6.07, 6.45) is 2.34. The molecule has 0 saturated heterocycles. The van der Waals surface area contributed by atoms with Gasteiger partial charge in [-0.15, -0.1) is 6.58 Å². The molecule has 0 aromatic carbocycles. The van der Waals surface area contributed by atoms with Gasteiger partial charge in [0.15, 0.2) is 6.61 Å². The number of carbonyl (C=O) groups excluding carboxylic acids is 1. The van der Waals surface area contributed by atoms with Gasteiger partial charge < -0.3 is 4.74 Å². The monoisotopic (exact) mass is 138 g/mol. The smallest absolute Gasteiger partial charge is 0.303 e. The fourth-order valence-corrected chi connectivity index (χ4v) is 0.333. The van der Waals surface area contributed by atoms with Crippen LogP contribution in [0.1, 0.15) is 13.3 Å². The summed E-state index contributed by atoms with van der Waals surface area (Å²) in [6.45, 7) is 5.02. The highest BCUT2D eigenvalue weighted by atomic mass is 16.5. The fraction of sp³-hybridized carbons (Fsp3) is 0.375. The summed E-state index contributed by atoms with van der Waals surface area (Å²) in [4.78, 5) is 10.2. The van der Waals surface area contributed by atoms with Crippen LogP contribution in [0.5, 0.6) is 0 Å². The lowest BCUT2D eigenvalue weighted by Crippen LogP contribution is -1.97. The molecule has 0 radical (unpaired) electrons. The summed E-state index contributed by atoms with van der Waals surface area (Å²) in [7, 11) is 0. The predicted molar refractivity (Wildman–Crippen MR) is 39.2 cm³/mol. The Hall–Kier alpha value is -1.23. The van der Waals surface area contributed by atoms with E-state index in [2.05, 4.69) is 23.2 Å². The average Bonchev–Trinajstić information content (AvgIpc) is 1.87. The number of rotatable bonds is 2. The molecular formula is C8H10O2. The quantitative estimate of drug-likeness (QED) is 0.325. The third-order valence-electron chi connectivity index (χ3n) is 0.719. The normalized spacial score (nSPS) is 7.30. The second kappa shape index (κ2) is 5.90. The van der Waals surface area contributed by atoms with Gasteiger partial charge in [-0.05, 0) is 0 Å². The van der Waals surface area contributed by atoms with Gasteiger partial charge in [0.1, 0.15) is 0 Å². The van der Waals surface area contributed by atoms with Gasteiger partial charge in [-0.1, -0.05) is 17.9 Å². The Balaban J connectivity index is 3.28. The van der Waals surface area contributed by atoms with Crippen molar-refractivity contribution in [2.75, 3.05) is 6.61 Å². The Labute approximate surface area is 60.9 Å². The van der Waals surface area contributed by atoms with Crippen molar-refractivity contribution in [3.8, 4) is 11.8 Å². The van der Waals surface area contributed by atoms with Crippen molar-refractivity contribution in [2.24, 2.45) is 0 Å². The first kappa shape index (κ1) is 8.77. The molecule has 0 unspecified atom stereocenters. The van der Waals surface area contributed by atoms with E-state index >= 15 is 0 Å². The van der Waals surface area contributed by atoms with Crippen LogP contribution in [0.4, 0.5) is 0 Å². The maximum Gasteiger partial charge on any atom is 0.303 e. The second-order valence-electron chi connectivity index (χ2n) is 1.63. The number of ether oxygens (including phenoxy) is 1. The summed E-state index contributed by atoms with van der Waals surface area (Å²) in [5, 5.41) is 0. The number of esters is 1. The summed E-state index contributed by atoms with van der Waals surface area (Å²) in [5.41, 5.74) is 0. The number of hydrogen-bond donors (Lipinski definition) is 0. The largest absolute Gasteiger partial charge is 0.453 e. The lowest BCUT2D eigenvalue weighted by molar-refractivity contribution is -0.139. The first-order valence-electron chi connectivity index (χ1n) is 2.97. The van der Waals surface area contributed by atoms with E-state index in [1.54, 1.807) is 6.08 Å². The summed E-state index contributed by atoms with van der Waals surface area (Å²) in [6, 6.07) is 0. The van der Waals surface area contributed by atoms with E-state index in [4.69, 9.17) is 0 Å². The van der Waals surface area contributed by atoms with Crippen LogP contribution in [-0.2, 0) is 9.53 Å². The molecule has 0 fully saturated rings.